The zero-order valence-electron chi connectivity index (χ0n) is 16.0. The van der Waals surface area contributed by atoms with E-state index in [0.29, 0.717) is 28.3 Å². The third kappa shape index (κ3) is 4.53. The molecule has 0 saturated heterocycles. The summed E-state index contributed by atoms with van der Waals surface area (Å²) in [4.78, 5) is 16.5. The number of alkyl halides is 3. The fourth-order valence-corrected chi connectivity index (χ4v) is 2.99. The number of halogens is 3. The summed E-state index contributed by atoms with van der Waals surface area (Å²) in [7, 11) is 0. The number of nitrogens with one attached hydrogen (secondary N) is 1. The molecule has 0 radical (unpaired) electrons. The molecule has 0 aliphatic heterocycles. The molecule has 3 aromatic heterocycles. The summed E-state index contributed by atoms with van der Waals surface area (Å²) < 4.78 is 45.4. The molecular weight excluding hydrogens is 411 g/mol. The van der Waals surface area contributed by atoms with Gasteiger partial charge >= 0.3 is 6.18 Å². The molecule has 2 N–H and O–H groups in total. The van der Waals surface area contributed by atoms with Crippen LogP contribution in [0.1, 0.15) is 5.56 Å². The normalized spacial score (nSPS) is 11.5. The van der Waals surface area contributed by atoms with Crippen molar-refractivity contribution in [3.8, 4) is 17.0 Å². The minimum absolute atomic E-state index is 0.104. The highest BCUT2D eigenvalue weighted by Crippen LogP contribution is 2.36. The third-order valence-corrected chi connectivity index (χ3v) is 4.32. The molecule has 1 aromatic carbocycles. The number of rotatable bonds is 6. The first-order valence-corrected chi connectivity index (χ1v) is 9.20. The van der Waals surface area contributed by atoms with E-state index < -0.39 is 11.7 Å². The number of nitrogens with zero attached hydrogens (tertiary/aromatic N) is 4. The summed E-state index contributed by atoms with van der Waals surface area (Å²) in [6, 6.07) is 10.7. The lowest BCUT2D eigenvalue weighted by atomic mass is 10.1. The van der Waals surface area contributed by atoms with Crippen LogP contribution in [0.4, 0.5) is 24.7 Å². The van der Waals surface area contributed by atoms with Crippen molar-refractivity contribution < 1.29 is 23.0 Å². The van der Waals surface area contributed by atoms with Gasteiger partial charge in [-0.2, -0.15) is 13.2 Å². The smallest absolute Gasteiger partial charge is 0.418 e. The van der Waals surface area contributed by atoms with E-state index in [2.05, 4.69) is 25.3 Å². The number of hydrogen-bond acceptors (Lipinski definition) is 7. The van der Waals surface area contributed by atoms with Gasteiger partial charge in [-0.1, -0.05) is 6.07 Å². The van der Waals surface area contributed by atoms with Crippen molar-refractivity contribution in [2.24, 2.45) is 0 Å². The zero-order chi connectivity index (χ0) is 21.8. The Hall–Kier alpha value is -3.79. The van der Waals surface area contributed by atoms with Crippen LogP contribution in [0.15, 0.2) is 61.2 Å². The minimum atomic E-state index is -4.54. The second-order valence-corrected chi connectivity index (χ2v) is 6.44. The maximum atomic E-state index is 13.3. The van der Waals surface area contributed by atoms with E-state index in [-0.39, 0.29) is 24.5 Å². The number of hydrogen-bond donors (Lipinski definition) is 2. The second kappa shape index (κ2) is 8.52. The highest BCUT2D eigenvalue weighted by Gasteiger charge is 2.34. The Morgan fingerprint density at radius 1 is 1.00 bits per heavy atom. The number of aliphatic hydroxyl groups is 1. The van der Waals surface area contributed by atoms with Crippen LogP contribution >= 0.6 is 0 Å². The molecule has 158 valence electrons. The van der Waals surface area contributed by atoms with Gasteiger partial charge in [0.25, 0.3) is 0 Å². The van der Waals surface area contributed by atoms with E-state index in [1.165, 1.54) is 30.9 Å². The quantitative estimate of drug-likeness (QED) is 0.476. The number of aromatic nitrogens is 4. The molecule has 10 heteroatoms. The van der Waals surface area contributed by atoms with Crippen LogP contribution in [0, 0.1) is 0 Å². The number of fused-ring (bicyclic) bond motifs is 1. The molecule has 3 heterocycles. The van der Waals surface area contributed by atoms with Crippen molar-refractivity contribution in [1.82, 2.24) is 19.9 Å². The van der Waals surface area contributed by atoms with Gasteiger partial charge in [0.05, 0.1) is 23.4 Å². The van der Waals surface area contributed by atoms with E-state index >= 15 is 0 Å². The van der Waals surface area contributed by atoms with Crippen molar-refractivity contribution >= 4 is 22.5 Å². The number of benzene rings is 1. The molecule has 0 aliphatic rings. The maximum Gasteiger partial charge on any atom is 0.418 e. The Morgan fingerprint density at radius 2 is 1.87 bits per heavy atom. The maximum absolute atomic E-state index is 13.3. The average Bonchev–Trinajstić information content (AvgIpc) is 2.77. The van der Waals surface area contributed by atoms with Crippen molar-refractivity contribution in [1.29, 1.82) is 0 Å². The van der Waals surface area contributed by atoms with Crippen LogP contribution in [-0.2, 0) is 6.18 Å². The largest absolute Gasteiger partial charge is 0.491 e. The summed E-state index contributed by atoms with van der Waals surface area (Å²) >= 11 is 0. The first-order chi connectivity index (χ1) is 15.0. The molecule has 0 bridgehead atoms. The molecule has 4 aromatic rings. The highest BCUT2D eigenvalue weighted by atomic mass is 19.4. The predicted molar refractivity (Wildman–Crippen MR) is 108 cm³/mol. The summed E-state index contributed by atoms with van der Waals surface area (Å²) in [6.07, 6.45) is -0.631. The Balaban J connectivity index is 1.69. The number of aliphatic hydroxyl groups excluding tert-OH is 1. The average molecular weight is 427 g/mol. The predicted octanol–water partition coefficient (Wildman–Crippen LogP) is 4.22. The topological polar surface area (TPSA) is 93.1 Å². The molecule has 0 saturated carbocycles. The number of pyridine rings is 2. The fraction of sp³-hybridized carbons (Fsp3) is 0.143. The van der Waals surface area contributed by atoms with E-state index in [1.807, 2.05) is 0 Å². The molecule has 0 aliphatic carbocycles. The Bertz CT molecular complexity index is 1220. The Kier molecular flexibility index (Phi) is 5.63. The van der Waals surface area contributed by atoms with Crippen molar-refractivity contribution in [3.63, 3.8) is 0 Å². The van der Waals surface area contributed by atoms with Crippen LogP contribution in [0.25, 0.3) is 22.3 Å². The first kappa shape index (κ1) is 20.5. The molecule has 0 amide bonds. The SMILES string of the molecule is OCCOc1cccc(Nc2ncnc3cc(-c4ncccc4C(F)(F)F)cnc23)c1. The summed E-state index contributed by atoms with van der Waals surface area (Å²) in [5.41, 5.74) is 0.545. The number of anilines is 2. The van der Waals surface area contributed by atoms with Crippen molar-refractivity contribution in [2.75, 3.05) is 18.5 Å². The lowest BCUT2D eigenvalue weighted by Crippen LogP contribution is -2.08. The van der Waals surface area contributed by atoms with Crippen LogP contribution in [0.3, 0.4) is 0 Å². The van der Waals surface area contributed by atoms with Crippen LogP contribution < -0.4 is 10.1 Å². The lowest BCUT2D eigenvalue weighted by Gasteiger charge is -2.13. The fourth-order valence-electron chi connectivity index (χ4n) is 2.99. The second-order valence-electron chi connectivity index (χ2n) is 6.44. The van der Waals surface area contributed by atoms with Gasteiger partial charge in [-0.3, -0.25) is 4.98 Å². The molecule has 0 atom stereocenters. The van der Waals surface area contributed by atoms with Gasteiger partial charge in [-0.25, -0.2) is 15.0 Å². The van der Waals surface area contributed by atoms with Gasteiger partial charge in [-0.15, -0.1) is 0 Å². The van der Waals surface area contributed by atoms with Crippen molar-refractivity contribution in [2.45, 2.75) is 6.18 Å². The molecular formula is C21H16F3N5O2. The lowest BCUT2D eigenvalue weighted by molar-refractivity contribution is -0.137. The van der Waals surface area contributed by atoms with E-state index in [4.69, 9.17) is 9.84 Å². The van der Waals surface area contributed by atoms with Gasteiger partial charge < -0.3 is 15.2 Å². The van der Waals surface area contributed by atoms with Gasteiger partial charge in [0.15, 0.2) is 5.82 Å². The van der Waals surface area contributed by atoms with Gasteiger partial charge in [0.2, 0.25) is 0 Å². The van der Waals surface area contributed by atoms with Crippen molar-refractivity contribution in [3.05, 3.63) is 66.7 Å². The summed E-state index contributed by atoms with van der Waals surface area (Å²) in [5, 5.41) is 12.0. The molecule has 4 rings (SSSR count). The van der Waals surface area contributed by atoms with E-state index in [1.54, 1.807) is 24.3 Å². The van der Waals surface area contributed by atoms with Gasteiger partial charge in [-0.05, 0) is 30.3 Å². The zero-order valence-corrected chi connectivity index (χ0v) is 16.0. The van der Waals surface area contributed by atoms with E-state index in [0.717, 1.165) is 6.07 Å². The van der Waals surface area contributed by atoms with Crippen LogP contribution in [-0.4, -0.2) is 38.3 Å². The standard InChI is InChI=1S/C21H16F3N5O2/c22-21(23,24)16-5-2-6-25-18(16)13-9-17-19(26-11-13)20(28-12-27-17)29-14-3-1-4-15(10-14)31-8-7-30/h1-6,9-12,30H,7-8H2,(H,27,28,29). The Morgan fingerprint density at radius 3 is 2.68 bits per heavy atom. The highest BCUT2D eigenvalue weighted by molar-refractivity contribution is 5.89. The number of ether oxygens (including phenoxy) is 1. The molecule has 0 spiro atoms. The van der Waals surface area contributed by atoms with Crippen LogP contribution in [0.5, 0.6) is 5.75 Å². The minimum Gasteiger partial charge on any atom is -0.491 e. The summed E-state index contributed by atoms with van der Waals surface area (Å²) in [6.45, 7) is 0.0600. The summed E-state index contributed by atoms with van der Waals surface area (Å²) in [5.74, 6) is 0.940. The van der Waals surface area contributed by atoms with Gasteiger partial charge in [0, 0.05) is 29.7 Å². The first-order valence-electron chi connectivity index (χ1n) is 9.20. The Labute approximate surface area is 174 Å². The monoisotopic (exact) mass is 427 g/mol. The molecule has 0 unspecified atom stereocenters. The van der Waals surface area contributed by atoms with Gasteiger partial charge in [0.1, 0.15) is 24.2 Å². The molecule has 7 nitrogen and oxygen atoms in total. The molecule has 31 heavy (non-hydrogen) atoms. The molecule has 0 fully saturated rings. The third-order valence-electron chi connectivity index (χ3n) is 4.32. The van der Waals surface area contributed by atoms with E-state index in [9.17, 15) is 13.2 Å². The van der Waals surface area contributed by atoms with Crippen LogP contribution in [0.2, 0.25) is 0 Å².